The standard InChI is InChI=1S/C18H20O2S2.C17H20OS2/c1-3-4-5-6-7-12-13-8-10-21-16(13)17-14(9-11-22-17)15(12)18(19)20-2;1-2-3-4-5-6-12-13-7-9-19-16(13)17-14(8-10-20-17)15(12)11-18/h8-11H,3-7H2,1-2H3;7-10,18H,2-6,11H2,1H3. The Hall–Kier alpha value is -2.29. The van der Waals surface area contributed by atoms with Crippen LogP contribution in [-0.2, 0) is 24.2 Å². The lowest BCUT2D eigenvalue weighted by atomic mass is 9.95. The summed E-state index contributed by atoms with van der Waals surface area (Å²) in [7, 11) is 1.47. The smallest absolute Gasteiger partial charge is 0.338 e. The molecular weight excluding hydrogens is 597 g/mol. The van der Waals surface area contributed by atoms with Crippen molar-refractivity contribution < 1.29 is 14.6 Å². The Labute approximate surface area is 264 Å². The van der Waals surface area contributed by atoms with Crippen molar-refractivity contribution >= 4 is 91.7 Å². The molecule has 0 unspecified atom stereocenters. The van der Waals surface area contributed by atoms with Gasteiger partial charge in [-0.25, -0.2) is 4.79 Å². The first-order chi connectivity index (χ1) is 20.6. The number of rotatable bonds is 12. The number of ether oxygens (including phenoxy) is 1. The molecule has 222 valence electrons. The van der Waals surface area contributed by atoms with Crippen LogP contribution in [-0.4, -0.2) is 18.2 Å². The number of carbonyl (C=O) groups excluding carboxylic acids is 1. The summed E-state index contributed by atoms with van der Waals surface area (Å²) in [6.45, 7) is 4.62. The Bertz CT molecular complexity index is 1770. The number of hydrogen-bond acceptors (Lipinski definition) is 7. The van der Waals surface area contributed by atoms with Crippen molar-refractivity contribution in [3.05, 3.63) is 68.0 Å². The van der Waals surface area contributed by atoms with Gasteiger partial charge in [0, 0.05) is 5.39 Å². The van der Waals surface area contributed by atoms with Gasteiger partial charge >= 0.3 is 5.97 Å². The van der Waals surface area contributed by atoms with Gasteiger partial charge in [0.25, 0.3) is 0 Å². The summed E-state index contributed by atoms with van der Waals surface area (Å²) in [4.78, 5) is 12.4. The summed E-state index contributed by atoms with van der Waals surface area (Å²) in [5.41, 5.74) is 4.49. The highest BCUT2D eigenvalue weighted by molar-refractivity contribution is 7.26. The lowest BCUT2D eigenvalue weighted by Crippen LogP contribution is -2.07. The van der Waals surface area contributed by atoms with Crippen molar-refractivity contribution in [1.29, 1.82) is 0 Å². The number of thiophene rings is 4. The van der Waals surface area contributed by atoms with Crippen LogP contribution in [0.4, 0.5) is 0 Å². The number of benzene rings is 2. The molecule has 0 aliphatic heterocycles. The van der Waals surface area contributed by atoms with Gasteiger partial charge < -0.3 is 9.84 Å². The van der Waals surface area contributed by atoms with Gasteiger partial charge in [-0.3, -0.25) is 0 Å². The number of fused-ring (bicyclic) bond motifs is 6. The van der Waals surface area contributed by atoms with Crippen LogP contribution in [0.1, 0.15) is 92.3 Å². The minimum Gasteiger partial charge on any atom is -0.465 e. The maximum absolute atomic E-state index is 12.4. The highest BCUT2D eigenvalue weighted by atomic mass is 32.1. The summed E-state index contributed by atoms with van der Waals surface area (Å²) >= 11 is 7.09. The second-order valence-corrected chi connectivity index (χ2v) is 14.4. The zero-order valence-electron chi connectivity index (χ0n) is 24.8. The van der Waals surface area contributed by atoms with Gasteiger partial charge in [-0.05, 0) is 104 Å². The average Bonchev–Trinajstić information content (AvgIpc) is 3.82. The Morgan fingerprint density at radius 2 is 1.05 bits per heavy atom. The number of hydrogen-bond donors (Lipinski definition) is 1. The molecule has 0 aliphatic carbocycles. The van der Waals surface area contributed by atoms with Gasteiger partial charge in [0.1, 0.15) is 0 Å². The van der Waals surface area contributed by atoms with Gasteiger partial charge in [0.05, 0.1) is 38.1 Å². The first-order valence-corrected chi connectivity index (χ1v) is 18.6. The zero-order chi connectivity index (χ0) is 29.5. The average molecular weight is 637 g/mol. The van der Waals surface area contributed by atoms with E-state index in [1.54, 1.807) is 34.0 Å². The molecule has 4 aromatic heterocycles. The molecule has 6 aromatic rings. The van der Waals surface area contributed by atoms with E-state index >= 15 is 0 Å². The van der Waals surface area contributed by atoms with Gasteiger partial charge in [0.2, 0.25) is 0 Å². The first kappa shape index (κ1) is 31.1. The van der Waals surface area contributed by atoms with E-state index in [9.17, 15) is 9.90 Å². The Balaban J connectivity index is 0.000000169. The summed E-state index contributed by atoms with van der Waals surface area (Å²) in [6, 6.07) is 8.61. The number of methoxy groups -OCH3 is 1. The van der Waals surface area contributed by atoms with E-state index in [4.69, 9.17) is 4.74 Å². The third kappa shape index (κ3) is 6.31. The van der Waals surface area contributed by atoms with Crippen molar-refractivity contribution in [2.45, 2.75) is 84.7 Å². The van der Waals surface area contributed by atoms with Crippen LogP contribution in [0.5, 0.6) is 0 Å². The summed E-state index contributed by atoms with van der Waals surface area (Å²) in [5, 5.41) is 23.3. The van der Waals surface area contributed by atoms with Gasteiger partial charge in [-0.15, -0.1) is 45.3 Å². The van der Waals surface area contributed by atoms with Crippen LogP contribution in [0, 0.1) is 0 Å². The fraction of sp³-hybridized carbons (Fsp3) is 0.400. The highest BCUT2D eigenvalue weighted by Crippen LogP contribution is 2.41. The Morgan fingerprint density at radius 3 is 1.52 bits per heavy atom. The second kappa shape index (κ2) is 14.9. The quantitative estimate of drug-likeness (QED) is 0.107. The molecule has 6 rings (SSSR count). The van der Waals surface area contributed by atoms with E-state index in [1.165, 1.54) is 98.1 Å². The molecule has 7 heteroatoms. The molecular formula is C35H40O3S4. The van der Waals surface area contributed by atoms with E-state index in [1.807, 2.05) is 11.3 Å². The molecule has 0 bridgehead atoms. The SMILES string of the molecule is CCCCCCc1c(C(=O)OC)c2ccsc2c2sccc12.CCCCCCc1c(CO)c2ccsc2c2sccc12. The van der Waals surface area contributed by atoms with Crippen LogP contribution in [0.15, 0.2) is 45.8 Å². The monoisotopic (exact) mass is 636 g/mol. The molecule has 3 nitrogen and oxygen atoms in total. The molecule has 1 N–H and O–H groups in total. The summed E-state index contributed by atoms with van der Waals surface area (Å²) < 4.78 is 10.3. The van der Waals surface area contributed by atoms with Crippen molar-refractivity contribution in [3.63, 3.8) is 0 Å². The Kier molecular flexibility index (Phi) is 11.1. The van der Waals surface area contributed by atoms with Crippen molar-refractivity contribution in [2.75, 3.05) is 7.11 Å². The van der Waals surface area contributed by atoms with Crippen molar-refractivity contribution in [3.8, 4) is 0 Å². The third-order valence-electron chi connectivity index (χ3n) is 8.09. The molecule has 0 saturated carbocycles. The summed E-state index contributed by atoms with van der Waals surface area (Å²) in [5.74, 6) is -0.206. The van der Waals surface area contributed by atoms with E-state index < -0.39 is 0 Å². The minimum absolute atomic E-state index is 0.155. The lowest BCUT2D eigenvalue weighted by molar-refractivity contribution is 0.0602. The van der Waals surface area contributed by atoms with Crippen molar-refractivity contribution in [2.24, 2.45) is 0 Å². The molecule has 42 heavy (non-hydrogen) atoms. The van der Waals surface area contributed by atoms with Crippen LogP contribution >= 0.6 is 45.3 Å². The normalized spacial score (nSPS) is 11.5. The fourth-order valence-corrected chi connectivity index (χ4v) is 10.0. The van der Waals surface area contributed by atoms with Crippen LogP contribution in [0.25, 0.3) is 40.3 Å². The predicted molar refractivity (Wildman–Crippen MR) is 187 cm³/mol. The van der Waals surface area contributed by atoms with Gasteiger partial charge in [0.15, 0.2) is 0 Å². The maximum Gasteiger partial charge on any atom is 0.338 e. The number of carbonyl (C=O) groups is 1. The zero-order valence-corrected chi connectivity index (χ0v) is 28.1. The third-order valence-corrected chi connectivity index (χ3v) is 12.1. The number of esters is 1. The molecule has 4 heterocycles. The van der Waals surface area contributed by atoms with Gasteiger partial charge in [-0.2, -0.15) is 0 Å². The lowest BCUT2D eigenvalue weighted by Gasteiger charge is -2.12. The molecule has 0 fully saturated rings. The highest BCUT2D eigenvalue weighted by Gasteiger charge is 2.21. The van der Waals surface area contributed by atoms with E-state index in [0.29, 0.717) is 0 Å². The summed E-state index contributed by atoms with van der Waals surface area (Å²) in [6.07, 6.45) is 11.9. The number of aliphatic hydroxyl groups is 1. The largest absolute Gasteiger partial charge is 0.465 e. The molecule has 2 aromatic carbocycles. The predicted octanol–water partition coefficient (Wildman–Crippen LogP) is 11.8. The molecule has 0 amide bonds. The van der Waals surface area contributed by atoms with Crippen molar-refractivity contribution in [1.82, 2.24) is 0 Å². The molecule has 0 spiro atoms. The van der Waals surface area contributed by atoms with Crippen LogP contribution in [0.2, 0.25) is 0 Å². The molecule has 0 radical (unpaired) electrons. The minimum atomic E-state index is -0.206. The second-order valence-electron chi connectivity index (χ2n) is 10.7. The van der Waals surface area contributed by atoms with Crippen LogP contribution < -0.4 is 0 Å². The van der Waals surface area contributed by atoms with Gasteiger partial charge in [-0.1, -0.05) is 52.4 Å². The maximum atomic E-state index is 12.4. The number of aliphatic hydroxyl groups excluding tert-OH is 1. The number of unbranched alkanes of at least 4 members (excludes halogenated alkanes) is 6. The number of aryl methyl sites for hydroxylation is 2. The van der Waals surface area contributed by atoms with E-state index in [0.717, 1.165) is 35.8 Å². The van der Waals surface area contributed by atoms with Crippen LogP contribution in [0.3, 0.4) is 0 Å². The topological polar surface area (TPSA) is 46.5 Å². The molecule has 0 aliphatic rings. The first-order valence-electron chi connectivity index (χ1n) is 15.1. The molecule has 0 saturated heterocycles. The fourth-order valence-electron chi connectivity index (χ4n) is 5.99. The Morgan fingerprint density at radius 1 is 0.619 bits per heavy atom. The van der Waals surface area contributed by atoms with E-state index in [-0.39, 0.29) is 12.6 Å². The van der Waals surface area contributed by atoms with E-state index in [2.05, 4.69) is 59.6 Å². The molecule has 0 atom stereocenters.